The summed E-state index contributed by atoms with van der Waals surface area (Å²) in [5.74, 6) is 0. The van der Waals surface area contributed by atoms with Crippen molar-refractivity contribution in [3.63, 3.8) is 0 Å². The molecule has 0 radical (unpaired) electrons. The normalized spacial score (nSPS) is 13.1. The quantitative estimate of drug-likeness (QED) is 0.172. The summed E-state index contributed by atoms with van der Waals surface area (Å²) in [6.45, 7) is 0. The largest absolute Gasteiger partial charge is 0.310 e. The molecule has 0 saturated carbocycles. The van der Waals surface area contributed by atoms with E-state index in [2.05, 4.69) is 228 Å². The van der Waals surface area contributed by atoms with Gasteiger partial charge in [0.25, 0.3) is 0 Å². The molecule has 0 bridgehead atoms. The minimum Gasteiger partial charge on any atom is -0.310 e. The van der Waals surface area contributed by atoms with Crippen molar-refractivity contribution < 1.29 is 0 Å². The smallest absolute Gasteiger partial charge is 0.0726 e. The van der Waals surface area contributed by atoms with Crippen LogP contribution in [0.2, 0.25) is 0 Å². The summed E-state index contributed by atoms with van der Waals surface area (Å²) in [5.41, 5.74) is 19.4. The molecule has 2 heteroatoms. The van der Waals surface area contributed by atoms with Gasteiger partial charge in [0.2, 0.25) is 0 Å². The van der Waals surface area contributed by atoms with Crippen molar-refractivity contribution in [1.29, 1.82) is 0 Å². The van der Waals surface area contributed by atoms with Crippen LogP contribution in [0.15, 0.2) is 218 Å². The van der Waals surface area contributed by atoms with Crippen LogP contribution in [0, 0.1) is 0 Å². The van der Waals surface area contributed by atoms with Crippen LogP contribution in [-0.4, -0.2) is 4.57 Å². The number of rotatable bonds is 5. The standard InChI is InChI=1S/C55H36N2/c1-3-16-37(17-4-1)38-30-32-40(33-31-38)56(41-34-35-45-44-22-10-14-28-51(44)57(53(45)36-41)39-18-5-2-6-19-39)52-29-15-27-50-54(52)46-23-9-13-26-49(46)55(50)47-24-11-7-20-42(47)43-21-8-12-25-48(43)55/h1-36H. The van der Waals surface area contributed by atoms with E-state index in [4.69, 9.17) is 0 Å². The Morgan fingerprint density at radius 2 is 0.877 bits per heavy atom. The maximum Gasteiger partial charge on any atom is 0.0726 e. The number of hydrogen-bond donors (Lipinski definition) is 0. The lowest BCUT2D eigenvalue weighted by Gasteiger charge is -2.32. The highest BCUT2D eigenvalue weighted by Crippen LogP contribution is 2.64. The Hall–Kier alpha value is -7.42. The number of para-hydroxylation sites is 2. The van der Waals surface area contributed by atoms with Gasteiger partial charge in [-0.1, -0.05) is 170 Å². The Morgan fingerprint density at radius 3 is 1.60 bits per heavy atom. The molecule has 2 aliphatic carbocycles. The monoisotopic (exact) mass is 724 g/mol. The van der Waals surface area contributed by atoms with Crippen LogP contribution >= 0.6 is 0 Å². The molecule has 2 aliphatic rings. The van der Waals surface area contributed by atoms with E-state index in [9.17, 15) is 0 Å². The molecule has 0 amide bonds. The van der Waals surface area contributed by atoms with E-state index >= 15 is 0 Å². The predicted molar refractivity (Wildman–Crippen MR) is 237 cm³/mol. The van der Waals surface area contributed by atoms with Crippen LogP contribution in [0.4, 0.5) is 17.1 Å². The van der Waals surface area contributed by atoms with Crippen molar-refractivity contribution in [3.05, 3.63) is 241 Å². The summed E-state index contributed by atoms with van der Waals surface area (Å²) >= 11 is 0. The Balaban J connectivity index is 1.15. The van der Waals surface area contributed by atoms with Crippen molar-refractivity contribution in [3.8, 4) is 39.1 Å². The average molecular weight is 725 g/mol. The van der Waals surface area contributed by atoms with Gasteiger partial charge in [0.05, 0.1) is 22.1 Å². The van der Waals surface area contributed by atoms with Gasteiger partial charge in [0.1, 0.15) is 0 Å². The molecule has 0 atom stereocenters. The second-order valence-electron chi connectivity index (χ2n) is 15.2. The molecule has 0 saturated heterocycles. The molecule has 1 heterocycles. The fourth-order valence-corrected chi connectivity index (χ4v) is 10.1. The van der Waals surface area contributed by atoms with Crippen LogP contribution in [0.1, 0.15) is 22.3 Å². The zero-order chi connectivity index (χ0) is 37.5. The number of benzene rings is 9. The average Bonchev–Trinajstić information content (AvgIpc) is 3.89. The fraction of sp³-hybridized carbons (Fsp3) is 0.0182. The molecule has 266 valence electrons. The predicted octanol–water partition coefficient (Wildman–Crippen LogP) is 14.3. The first kappa shape index (κ1) is 31.9. The van der Waals surface area contributed by atoms with Crippen LogP contribution in [0.3, 0.4) is 0 Å². The van der Waals surface area contributed by atoms with Gasteiger partial charge in [-0.2, -0.15) is 0 Å². The van der Waals surface area contributed by atoms with E-state index in [-0.39, 0.29) is 0 Å². The third kappa shape index (κ3) is 4.47. The van der Waals surface area contributed by atoms with Crippen molar-refractivity contribution in [2.24, 2.45) is 0 Å². The fourth-order valence-electron chi connectivity index (χ4n) is 10.1. The van der Waals surface area contributed by atoms with Crippen molar-refractivity contribution in [2.75, 3.05) is 4.90 Å². The third-order valence-electron chi connectivity index (χ3n) is 12.4. The maximum atomic E-state index is 2.49. The molecule has 1 aromatic heterocycles. The van der Waals surface area contributed by atoms with Crippen LogP contribution in [0.5, 0.6) is 0 Å². The highest BCUT2D eigenvalue weighted by molar-refractivity contribution is 6.11. The number of aromatic nitrogens is 1. The Bertz CT molecular complexity index is 3130. The first-order valence-corrected chi connectivity index (χ1v) is 19.8. The van der Waals surface area contributed by atoms with Gasteiger partial charge < -0.3 is 9.47 Å². The Kier molecular flexibility index (Phi) is 6.88. The van der Waals surface area contributed by atoms with E-state index in [1.807, 2.05) is 0 Å². The molecule has 1 spiro atoms. The molecule has 10 aromatic rings. The summed E-state index contributed by atoms with van der Waals surface area (Å²) in [7, 11) is 0. The third-order valence-corrected chi connectivity index (χ3v) is 12.4. The molecule has 12 rings (SSSR count). The lowest BCUT2D eigenvalue weighted by Crippen LogP contribution is -2.26. The van der Waals surface area contributed by atoms with E-state index in [0.717, 1.165) is 22.7 Å². The summed E-state index contributed by atoms with van der Waals surface area (Å²) in [6, 6.07) is 80.5. The molecule has 9 aromatic carbocycles. The van der Waals surface area contributed by atoms with E-state index in [1.165, 1.54) is 77.4 Å². The van der Waals surface area contributed by atoms with E-state index in [0.29, 0.717) is 0 Å². The second kappa shape index (κ2) is 12.3. The minimum atomic E-state index is -0.429. The number of nitrogens with zero attached hydrogens (tertiary/aromatic N) is 2. The number of anilines is 3. The van der Waals surface area contributed by atoms with E-state index < -0.39 is 5.41 Å². The SMILES string of the molecule is c1ccc(-c2ccc(N(c3ccc4c5ccccc5n(-c5ccccc5)c4c3)c3cccc4c3-c3ccccc3C43c4ccccc4-c4ccccc43)cc2)cc1. The molecule has 0 aliphatic heterocycles. The van der Waals surface area contributed by atoms with Gasteiger partial charge in [-0.25, -0.2) is 0 Å². The van der Waals surface area contributed by atoms with Crippen molar-refractivity contribution >= 4 is 38.9 Å². The van der Waals surface area contributed by atoms with Gasteiger partial charge in [-0.3, -0.25) is 0 Å². The summed E-state index contributed by atoms with van der Waals surface area (Å²) in [6.07, 6.45) is 0. The topological polar surface area (TPSA) is 8.17 Å². The minimum absolute atomic E-state index is 0.429. The summed E-state index contributed by atoms with van der Waals surface area (Å²) in [5, 5.41) is 2.48. The Labute approximate surface area is 332 Å². The van der Waals surface area contributed by atoms with E-state index in [1.54, 1.807) is 0 Å². The summed E-state index contributed by atoms with van der Waals surface area (Å²) < 4.78 is 2.41. The van der Waals surface area contributed by atoms with Crippen molar-refractivity contribution in [2.45, 2.75) is 5.41 Å². The first-order chi connectivity index (χ1) is 28.3. The lowest BCUT2D eigenvalue weighted by atomic mass is 9.70. The first-order valence-electron chi connectivity index (χ1n) is 19.8. The summed E-state index contributed by atoms with van der Waals surface area (Å²) in [4.78, 5) is 2.49. The van der Waals surface area contributed by atoms with Gasteiger partial charge in [0, 0.05) is 33.4 Å². The molecule has 2 nitrogen and oxygen atoms in total. The maximum absolute atomic E-state index is 2.49. The van der Waals surface area contributed by atoms with Gasteiger partial charge in [-0.05, 0) is 98.6 Å². The second-order valence-corrected chi connectivity index (χ2v) is 15.2. The van der Waals surface area contributed by atoms with Gasteiger partial charge in [-0.15, -0.1) is 0 Å². The van der Waals surface area contributed by atoms with Crippen LogP contribution < -0.4 is 4.90 Å². The zero-order valence-corrected chi connectivity index (χ0v) is 31.2. The van der Waals surface area contributed by atoms with Crippen LogP contribution in [-0.2, 0) is 5.41 Å². The van der Waals surface area contributed by atoms with Crippen LogP contribution in [0.25, 0.3) is 60.9 Å². The Morgan fingerprint density at radius 1 is 0.351 bits per heavy atom. The lowest BCUT2D eigenvalue weighted by molar-refractivity contribution is 0.794. The highest BCUT2D eigenvalue weighted by Gasteiger charge is 2.52. The number of hydrogen-bond acceptors (Lipinski definition) is 1. The molecule has 57 heavy (non-hydrogen) atoms. The molecular formula is C55H36N2. The van der Waals surface area contributed by atoms with Crippen molar-refractivity contribution in [1.82, 2.24) is 4.57 Å². The molecule has 0 unspecified atom stereocenters. The molecule has 0 fully saturated rings. The van der Waals surface area contributed by atoms with Gasteiger partial charge >= 0.3 is 0 Å². The molecular weight excluding hydrogens is 689 g/mol. The zero-order valence-electron chi connectivity index (χ0n) is 31.2. The number of fused-ring (bicyclic) bond motifs is 13. The van der Waals surface area contributed by atoms with Gasteiger partial charge in [0.15, 0.2) is 0 Å². The molecule has 0 N–H and O–H groups in total. The highest BCUT2D eigenvalue weighted by atomic mass is 15.1.